The number of nitrogens with one attached hydrogen (secondary N) is 1. The highest BCUT2D eigenvalue weighted by molar-refractivity contribution is 6.29. The van der Waals surface area contributed by atoms with Gasteiger partial charge in [-0.05, 0) is 26.4 Å². The Labute approximate surface area is 113 Å². The average molecular weight is 277 g/mol. The number of halogens is 2. The molecule has 0 bridgehead atoms. The Morgan fingerprint density at radius 2 is 2.24 bits per heavy atom. The molecule has 17 heavy (non-hydrogen) atoms. The van der Waals surface area contributed by atoms with E-state index in [0.717, 1.165) is 25.3 Å². The predicted octanol–water partition coefficient (Wildman–Crippen LogP) is 1.74. The van der Waals surface area contributed by atoms with Gasteiger partial charge in [0.15, 0.2) is 5.15 Å². The van der Waals surface area contributed by atoms with E-state index in [1.54, 1.807) is 12.4 Å². The van der Waals surface area contributed by atoms with Gasteiger partial charge >= 0.3 is 0 Å². The molecule has 0 amide bonds. The normalized spacial score (nSPS) is 20.1. The fourth-order valence-electron chi connectivity index (χ4n) is 2.03. The summed E-state index contributed by atoms with van der Waals surface area (Å²) in [5.74, 6) is 0. The molecule has 2 rings (SSSR count). The summed E-state index contributed by atoms with van der Waals surface area (Å²) < 4.78 is 0. The van der Waals surface area contributed by atoms with Crippen molar-refractivity contribution in [3.63, 3.8) is 0 Å². The molecule has 0 radical (unpaired) electrons. The first-order chi connectivity index (χ1) is 7.77. The van der Waals surface area contributed by atoms with E-state index in [-0.39, 0.29) is 12.4 Å². The van der Waals surface area contributed by atoms with Crippen molar-refractivity contribution >= 4 is 24.0 Å². The number of hydrogen-bond donors (Lipinski definition) is 1. The standard InChI is InChI=1S/C11H17ClN4.ClH/c1-16(9-3-2-4-13-7-9)8-10-11(12)15-6-5-14-10;/h5-6,9,13H,2-4,7-8H2,1H3;1H/t9-;/m0./s1. The van der Waals surface area contributed by atoms with Crippen LogP contribution in [0, 0.1) is 0 Å². The van der Waals surface area contributed by atoms with Crippen molar-refractivity contribution in [1.82, 2.24) is 20.2 Å². The van der Waals surface area contributed by atoms with Gasteiger partial charge in [-0.1, -0.05) is 11.6 Å². The molecule has 1 atom stereocenters. The van der Waals surface area contributed by atoms with E-state index < -0.39 is 0 Å². The highest BCUT2D eigenvalue weighted by Gasteiger charge is 2.18. The molecular formula is C11H18Cl2N4. The maximum Gasteiger partial charge on any atom is 0.151 e. The first-order valence-corrected chi connectivity index (χ1v) is 6.01. The van der Waals surface area contributed by atoms with Crippen LogP contribution < -0.4 is 5.32 Å². The van der Waals surface area contributed by atoms with Gasteiger partial charge in [0.25, 0.3) is 0 Å². The van der Waals surface area contributed by atoms with Crippen LogP contribution >= 0.6 is 24.0 Å². The van der Waals surface area contributed by atoms with Crippen LogP contribution in [0.25, 0.3) is 0 Å². The SMILES string of the molecule is CN(Cc1nccnc1Cl)[C@H]1CCCNC1.Cl. The van der Waals surface area contributed by atoms with Gasteiger partial charge in [-0.15, -0.1) is 12.4 Å². The van der Waals surface area contributed by atoms with Crippen molar-refractivity contribution in [1.29, 1.82) is 0 Å². The lowest BCUT2D eigenvalue weighted by molar-refractivity contribution is 0.194. The number of likely N-dealkylation sites (N-methyl/N-ethyl adjacent to an activating group) is 1. The molecule has 2 heterocycles. The van der Waals surface area contributed by atoms with Crippen LogP contribution in [-0.2, 0) is 6.54 Å². The summed E-state index contributed by atoms with van der Waals surface area (Å²) in [6.45, 7) is 2.95. The number of aromatic nitrogens is 2. The van der Waals surface area contributed by atoms with Crippen molar-refractivity contribution in [3.8, 4) is 0 Å². The molecule has 1 saturated heterocycles. The van der Waals surface area contributed by atoms with E-state index in [4.69, 9.17) is 11.6 Å². The Balaban J connectivity index is 0.00000144. The van der Waals surface area contributed by atoms with E-state index in [9.17, 15) is 0 Å². The van der Waals surface area contributed by atoms with E-state index >= 15 is 0 Å². The molecule has 96 valence electrons. The molecule has 0 aliphatic carbocycles. The van der Waals surface area contributed by atoms with Gasteiger partial charge < -0.3 is 5.32 Å². The molecule has 1 fully saturated rings. The molecule has 6 heteroatoms. The van der Waals surface area contributed by atoms with E-state index in [0.29, 0.717) is 11.2 Å². The number of piperidine rings is 1. The van der Waals surface area contributed by atoms with Gasteiger partial charge in [0.05, 0.1) is 5.69 Å². The zero-order valence-electron chi connectivity index (χ0n) is 9.90. The third kappa shape index (κ3) is 4.07. The molecule has 1 aromatic rings. The zero-order chi connectivity index (χ0) is 11.4. The van der Waals surface area contributed by atoms with Gasteiger partial charge in [0.1, 0.15) is 0 Å². The topological polar surface area (TPSA) is 41.1 Å². The zero-order valence-corrected chi connectivity index (χ0v) is 11.5. The largest absolute Gasteiger partial charge is 0.315 e. The molecule has 1 aliphatic rings. The molecular weight excluding hydrogens is 259 g/mol. The second-order valence-corrected chi connectivity index (χ2v) is 4.57. The van der Waals surface area contributed by atoms with Crippen LogP contribution in [-0.4, -0.2) is 41.0 Å². The Bertz CT molecular complexity index is 342. The molecule has 1 N–H and O–H groups in total. The molecule has 1 aliphatic heterocycles. The van der Waals surface area contributed by atoms with Gasteiger partial charge in [-0.3, -0.25) is 9.88 Å². The highest BCUT2D eigenvalue weighted by Crippen LogP contribution is 2.15. The average Bonchev–Trinajstić information content (AvgIpc) is 2.33. The van der Waals surface area contributed by atoms with E-state index in [1.807, 2.05) is 0 Å². The lowest BCUT2D eigenvalue weighted by Crippen LogP contribution is -2.43. The molecule has 4 nitrogen and oxygen atoms in total. The minimum atomic E-state index is 0. The van der Waals surface area contributed by atoms with Crippen molar-refractivity contribution in [2.24, 2.45) is 0 Å². The van der Waals surface area contributed by atoms with E-state index in [1.165, 1.54) is 12.8 Å². The second kappa shape index (κ2) is 7.11. The van der Waals surface area contributed by atoms with E-state index in [2.05, 4.69) is 27.2 Å². The minimum absolute atomic E-state index is 0. The third-order valence-corrected chi connectivity index (χ3v) is 3.33. The maximum absolute atomic E-state index is 5.99. The quantitative estimate of drug-likeness (QED) is 0.913. The summed E-state index contributed by atoms with van der Waals surface area (Å²) in [5.41, 5.74) is 0.859. The maximum atomic E-state index is 5.99. The molecule has 0 aromatic carbocycles. The van der Waals surface area contributed by atoms with Crippen LogP contribution in [0.2, 0.25) is 5.15 Å². The first kappa shape index (κ1) is 14.6. The molecule has 0 spiro atoms. The first-order valence-electron chi connectivity index (χ1n) is 5.63. The Hall–Kier alpha value is -0.420. The van der Waals surface area contributed by atoms with Crippen molar-refractivity contribution < 1.29 is 0 Å². The number of rotatable bonds is 3. The number of hydrogen-bond acceptors (Lipinski definition) is 4. The van der Waals surface area contributed by atoms with Crippen molar-refractivity contribution in [2.45, 2.75) is 25.4 Å². The van der Waals surface area contributed by atoms with Crippen molar-refractivity contribution in [3.05, 3.63) is 23.2 Å². The fraction of sp³-hybridized carbons (Fsp3) is 0.636. The minimum Gasteiger partial charge on any atom is -0.315 e. The fourth-order valence-corrected chi connectivity index (χ4v) is 2.20. The summed E-state index contributed by atoms with van der Waals surface area (Å²) in [6.07, 6.45) is 5.78. The van der Waals surface area contributed by atoms with Crippen LogP contribution in [0.15, 0.2) is 12.4 Å². The van der Waals surface area contributed by atoms with Crippen LogP contribution in [0.5, 0.6) is 0 Å². The molecule has 1 aromatic heterocycles. The van der Waals surface area contributed by atoms with Gasteiger partial charge in [-0.25, -0.2) is 4.98 Å². The van der Waals surface area contributed by atoms with Crippen LogP contribution in [0.4, 0.5) is 0 Å². The van der Waals surface area contributed by atoms with Crippen LogP contribution in [0.3, 0.4) is 0 Å². The van der Waals surface area contributed by atoms with Crippen LogP contribution in [0.1, 0.15) is 18.5 Å². The monoisotopic (exact) mass is 276 g/mol. The summed E-state index contributed by atoms with van der Waals surface area (Å²) >= 11 is 5.99. The lowest BCUT2D eigenvalue weighted by atomic mass is 10.1. The summed E-state index contributed by atoms with van der Waals surface area (Å²) in [6, 6.07) is 0.576. The van der Waals surface area contributed by atoms with Gasteiger partial charge in [0, 0.05) is 31.5 Å². The summed E-state index contributed by atoms with van der Waals surface area (Å²) in [4.78, 5) is 10.6. The lowest BCUT2D eigenvalue weighted by Gasteiger charge is -2.31. The summed E-state index contributed by atoms with van der Waals surface area (Å²) in [7, 11) is 2.11. The Morgan fingerprint density at radius 1 is 1.47 bits per heavy atom. The molecule has 0 unspecified atom stereocenters. The predicted molar refractivity (Wildman–Crippen MR) is 71.6 cm³/mol. The smallest absolute Gasteiger partial charge is 0.151 e. The van der Waals surface area contributed by atoms with Crippen molar-refractivity contribution in [2.75, 3.05) is 20.1 Å². The summed E-state index contributed by atoms with van der Waals surface area (Å²) in [5, 5.41) is 3.92. The highest BCUT2D eigenvalue weighted by atomic mass is 35.5. The Kier molecular flexibility index (Phi) is 6.12. The number of nitrogens with zero attached hydrogens (tertiary/aromatic N) is 3. The second-order valence-electron chi connectivity index (χ2n) is 4.21. The third-order valence-electron chi connectivity index (χ3n) is 3.02. The van der Waals surface area contributed by atoms with Gasteiger partial charge in [-0.2, -0.15) is 0 Å². The van der Waals surface area contributed by atoms with Gasteiger partial charge in [0.2, 0.25) is 0 Å². The molecule has 0 saturated carbocycles. The Morgan fingerprint density at radius 3 is 2.88 bits per heavy atom.